The predicted octanol–water partition coefficient (Wildman–Crippen LogP) is 0.292. The van der Waals surface area contributed by atoms with E-state index in [1.807, 2.05) is 0 Å². The van der Waals surface area contributed by atoms with Crippen LogP contribution < -0.4 is 5.73 Å². The van der Waals surface area contributed by atoms with E-state index < -0.39 is 12.0 Å². The fourth-order valence-electron chi connectivity index (χ4n) is 0.783. The van der Waals surface area contributed by atoms with Crippen LogP contribution >= 0.6 is 11.8 Å². The predicted molar refractivity (Wildman–Crippen MR) is 53.9 cm³/mol. The lowest BCUT2D eigenvalue weighted by Crippen LogP contribution is -2.29. The molecule has 0 aromatic heterocycles. The summed E-state index contributed by atoms with van der Waals surface area (Å²) >= 11 is 1.62. The summed E-state index contributed by atoms with van der Waals surface area (Å²) in [4.78, 5) is 10.3. The highest BCUT2D eigenvalue weighted by Gasteiger charge is 2.09. The second-order valence-corrected chi connectivity index (χ2v) is 4.16. The van der Waals surface area contributed by atoms with Crippen molar-refractivity contribution in [2.24, 2.45) is 5.73 Å². The van der Waals surface area contributed by atoms with Crippen molar-refractivity contribution < 1.29 is 15.0 Å². The van der Waals surface area contributed by atoms with Gasteiger partial charge in [0.15, 0.2) is 0 Å². The monoisotopic (exact) mass is 207 g/mol. The van der Waals surface area contributed by atoms with E-state index in [0.29, 0.717) is 12.2 Å². The summed E-state index contributed by atoms with van der Waals surface area (Å²) in [6, 6.07) is -0.743. The fraction of sp³-hybridized carbons (Fsp3) is 0.875. The molecule has 0 saturated heterocycles. The summed E-state index contributed by atoms with van der Waals surface area (Å²) in [6.45, 7) is 1.73. The van der Waals surface area contributed by atoms with Crippen LogP contribution in [0, 0.1) is 0 Å². The van der Waals surface area contributed by atoms with Crippen LogP contribution in [0.2, 0.25) is 0 Å². The maximum absolute atomic E-state index is 10.3. The van der Waals surface area contributed by atoms with Gasteiger partial charge in [-0.15, -0.1) is 0 Å². The molecule has 5 heteroatoms. The third-order valence-electron chi connectivity index (χ3n) is 1.48. The van der Waals surface area contributed by atoms with Crippen molar-refractivity contribution in [1.82, 2.24) is 0 Å². The summed E-state index contributed by atoms with van der Waals surface area (Å²) in [5, 5.41) is 17.4. The van der Waals surface area contributed by atoms with E-state index in [1.165, 1.54) is 0 Å². The minimum absolute atomic E-state index is 0.293. The lowest BCUT2D eigenvalue weighted by Gasteiger charge is -2.06. The first-order valence-electron chi connectivity index (χ1n) is 4.28. The molecule has 0 amide bonds. The van der Waals surface area contributed by atoms with E-state index in [1.54, 1.807) is 18.7 Å². The number of carbonyl (C=O) groups is 1. The van der Waals surface area contributed by atoms with Gasteiger partial charge < -0.3 is 15.9 Å². The van der Waals surface area contributed by atoms with Crippen LogP contribution in [0.3, 0.4) is 0 Å². The van der Waals surface area contributed by atoms with Gasteiger partial charge in [-0.3, -0.25) is 4.79 Å². The van der Waals surface area contributed by atoms with Crippen LogP contribution in [0.25, 0.3) is 0 Å². The molecule has 0 bridgehead atoms. The average Bonchev–Trinajstić information content (AvgIpc) is 2.02. The second-order valence-electron chi connectivity index (χ2n) is 3.01. The van der Waals surface area contributed by atoms with Gasteiger partial charge in [0.2, 0.25) is 0 Å². The zero-order chi connectivity index (χ0) is 10.3. The van der Waals surface area contributed by atoms with E-state index in [4.69, 9.17) is 15.9 Å². The lowest BCUT2D eigenvalue weighted by molar-refractivity contribution is -0.138. The van der Waals surface area contributed by atoms with Crippen molar-refractivity contribution in [3.63, 3.8) is 0 Å². The van der Waals surface area contributed by atoms with Crippen LogP contribution in [0.4, 0.5) is 0 Å². The maximum Gasteiger partial charge on any atom is 0.320 e. The molecule has 0 aliphatic rings. The number of aliphatic carboxylic acids is 1. The molecule has 0 rings (SSSR count). The van der Waals surface area contributed by atoms with Crippen molar-refractivity contribution in [1.29, 1.82) is 0 Å². The Bertz CT molecular complexity index is 152. The average molecular weight is 207 g/mol. The number of hydrogen-bond donors (Lipinski definition) is 3. The molecule has 2 unspecified atom stereocenters. The Morgan fingerprint density at radius 3 is 2.69 bits per heavy atom. The Labute approximate surface area is 82.5 Å². The molecular weight excluding hydrogens is 190 g/mol. The first-order valence-corrected chi connectivity index (χ1v) is 5.43. The normalized spacial score (nSPS) is 15.3. The third-order valence-corrected chi connectivity index (χ3v) is 2.78. The van der Waals surface area contributed by atoms with Crippen LogP contribution in [-0.4, -0.2) is 39.8 Å². The van der Waals surface area contributed by atoms with Gasteiger partial charge in [-0.1, -0.05) is 0 Å². The Balaban J connectivity index is 3.21. The van der Waals surface area contributed by atoms with E-state index in [2.05, 4.69) is 0 Å². The lowest BCUT2D eigenvalue weighted by atomic mass is 10.2. The van der Waals surface area contributed by atoms with E-state index >= 15 is 0 Å². The molecule has 0 heterocycles. The van der Waals surface area contributed by atoms with Gasteiger partial charge in [0.1, 0.15) is 6.04 Å². The molecule has 0 aromatic carbocycles. The molecule has 0 aromatic rings. The Morgan fingerprint density at radius 2 is 2.23 bits per heavy atom. The number of nitrogens with two attached hydrogens (primary N) is 1. The van der Waals surface area contributed by atoms with Gasteiger partial charge in [-0.25, -0.2) is 0 Å². The van der Waals surface area contributed by atoms with E-state index in [-0.39, 0.29) is 6.10 Å². The number of thioether (sulfide) groups is 1. The zero-order valence-corrected chi connectivity index (χ0v) is 8.59. The van der Waals surface area contributed by atoms with Crippen molar-refractivity contribution >= 4 is 17.7 Å². The van der Waals surface area contributed by atoms with Gasteiger partial charge >= 0.3 is 5.97 Å². The second kappa shape index (κ2) is 7.17. The standard InChI is InChI=1S/C8H17NO3S/c1-6(10)5-13-4-2-3-7(9)8(11)12/h6-7,10H,2-5,9H2,1H3,(H,11,12). The van der Waals surface area contributed by atoms with Crippen LogP contribution in [0.1, 0.15) is 19.8 Å². The summed E-state index contributed by atoms with van der Waals surface area (Å²) in [5.41, 5.74) is 5.30. The summed E-state index contributed by atoms with van der Waals surface area (Å²) < 4.78 is 0. The van der Waals surface area contributed by atoms with Gasteiger partial charge in [-0.05, 0) is 25.5 Å². The summed E-state index contributed by atoms with van der Waals surface area (Å²) in [5.74, 6) is 0.606. The molecule has 13 heavy (non-hydrogen) atoms. The zero-order valence-electron chi connectivity index (χ0n) is 7.77. The quantitative estimate of drug-likeness (QED) is 0.523. The Kier molecular flexibility index (Phi) is 7.03. The van der Waals surface area contributed by atoms with Gasteiger partial charge in [0, 0.05) is 5.75 Å². The third kappa shape index (κ3) is 8.08. The number of hydrogen-bond acceptors (Lipinski definition) is 4. The highest BCUT2D eigenvalue weighted by atomic mass is 32.2. The molecule has 0 aliphatic heterocycles. The van der Waals surface area contributed by atoms with E-state index in [9.17, 15) is 4.79 Å². The Hall–Kier alpha value is -0.260. The van der Waals surface area contributed by atoms with Crippen LogP contribution in [0.15, 0.2) is 0 Å². The van der Waals surface area contributed by atoms with Crippen LogP contribution in [-0.2, 0) is 4.79 Å². The Morgan fingerprint density at radius 1 is 1.62 bits per heavy atom. The van der Waals surface area contributed by atoms with Crippen molar-refractivity contribution in [2.45, 2.75) is 31.9 Å². The maximum atomic E-state index is 10.3. The molecule has 0 fully saturated rings. The molecule has 0 radical (unpaired) electrons. The molecular formula is C8H17NO3S. The molecule has 0 saturated carbocycles. The van der Waals surface area contributed by atoms with Crippen molar-refractivity contribution in [3.05, 3.63) is 0 Å². The fourth-order valence-corrected chi connectivity index (χ4v) is 1.66. The first-order chi connectivity index (χ1) is 6.04. The summed E-state index contributed by atoms with van der Waals surface area (Å²) in [7, 11) is 0. The van der Waals surface area contributed by atoms with Gasteiger partial charge in [0.05, 0.1) is 6.10 Å². The van der Waals surface area contributed by atoms with Crippen molar-refractivity contribution in [2.75, 3.05) is 11.5 Å². The number of carboxylic acid groups (broad SMARTS) is 1. The number of rotatable bonds is 7. The summed E-state index contributed by atoms with van der Waals surface area (Å²) in [6.07, 6.45) is 0.991. The smallest absolute Gasteiger partial charge is 0.320 e. The minimum atomic E-state index is -0.944. The number of aliphatic hydroxyl groups excluding tert-OH is 1. The molecule has 78 valence electrons. The highest BCUT2D eigenvalue weighted by Crippen LogP contribution is 2.07. The number of aliphatic hydroxyl groups is 1. The topological polar surface area (TPSA) is 83.5 Å². The van der Waals surface area contributed by atoms with Crippen LogP contribution in [0.5, 0.6) is 0 Å². The minimum Gasteiger partial charge on any atom is -0.480 e. The highest BCUT2D eigenvalue weighted by molar-refractivity contribution is 7.99. The molecule has 0 aliphatic carbocycles. The molecule has 4 N–H and O–H groups in total. The molecule has 4 nitrogen and oxygen atoms in total. The largest absolute Gasteiger partial charge is 0.480 e. The molecule has 0 spiro atoms. The number of carboxylic acids is 1. The first kappa shape index (κ1) is 12.7. The SMILES string of the molecule is CC(O)CSCCCC(N)C(=O)O. The van der Waals surface area contributed by atoms with E-state index in [0.717, 1.165) is 12.2 Å². The van der Waals surface area contributed by atoms with Gasteiger partial charge in [0.25, 0.3) is 0 Å². The van der Waals surface area contributed by atoms with Gasteiger partial charge in [-0.2, -0.15) is 11.8 Å². The molecule has 2 atom stereocenters. The van der Waals surface area contributed by atoms with Crippen molar-refractivity contribution in [3.8, 4) is 0 Å².